The fourth-order valence-corrected chi connectivity index (χ4v) is 1.75. The highest BCUT2D eigenvalue weighted by Gasteiger charge is 2.18. The molecule has 1 unspecified atom stereocenters. The lowest BCUT2D eigenvalue weighted by atomic mass is 10.0. The van der Waals surface area contributed by atoms with Gasteiger partial charge in [0.2, 0.25) is 5.91 Å². The molecule has 0 saturated heterocycles. The maximum atomic E-state index is 11.9. The van der Waals surface area contributed by atoms with Crippen molar-refractivity contribution in [1.82, 2.24) is 25.5 Å². The number of rotatable bonds is 6. The van der Waals surface area contributed by atoms with Gasteiger partial charge in [0, 0.05) is 0 Å². The number of carboxylic acid groups (broad SMARTS) is 1. The zero-order chi connectivity index (χ0) is 14.4. The summed E-state index contributed by atoms with van der Waals surface area (Å²) in [6, 6.07) is 8.35. The largest absolute Gasteiger partial charge is 0.481 e. The summed E-state index contributed by atoms with van der Waals surface area (Å²) in [4.78, 5) is 22.7. The van der Waals surface area contributed by atoms with Gasteiger partial charge in [-0.15, -0.1) is 5.10 Å². The van der Waals surface area contributed by atoms with Crippen LogP contribution >= 0.6 is 0 Å². The lowest BCUT2D eigenvalue weighted by Crippen LogP contribution is -2.33. The Morgan fingerprint density at radius 3 is 2.65 bits per heavy atom. The monoisotopic (exact) mass is 275 g/mol. The molecule has 1 aromatic carbocycles. The number of carbonyl (C=O) groups excluding carboxylic acids is 1. The van der Waals surface area contributed by atoms with Crippen molar-refractivity contribution in [2.24, 2.45) is 0 Å². The first-order chi connectivity index (χ1) is 9.65. The van der Waals surface area contributed by atoms with E-state index in [1.165, 1.54) is 11.0 Å². The fourth-order valence-electron chi connectivity index (χ4n) is 1.75. The third-order valence-corrected chi connectivity index (χ3v) is 2.61. The molecule has 8 heteroatoms. The Hall–Kier alpha value is -2.77. The predicted molar refractivity (Wildman–Crippen MR) is 67.4 cm³/mol. The highest BCUT2D eigenvalue weighted by molar-refractivity contribution is 5.77. The minimum Gasteiger partial charge on any atom is -0.481 e. The van der Waals surface area contributed by atoms with Crippen LogP contribution in [0.3, 0.4) is 0 Å². The average molecular weight is 275 g/mol. The number of amides is 1. The molecule has 104 valence electrons. The number of carboxylic acids is 1. The predicted octanol–water partition coefficient (Wildman–Crippen LogP) is 0.00530. The molecule has 1 heterocycles. The van der Waals surface area contributed by atoms with Gasteiger partial charge in [-0.2, -0.15) is 0 Å². The summed E-state index contributed by atoms with van der Waals surface area (Å²) in [6.07, 6.45) is 1.12. The minimum absolute atomic E-state index is 0.0596. The average Bonchev–Trinajstić information content (AvgIpc) is 2.91. The summed E-state index contributed by atoms with van der Waals surface area (Å²) in [7, 11) is 0. The molecule has 1 atom stereocenters. The molecule has 8 nitrogen and oxygen atoms in total. The fraction of sp³-hybridized carbons (Fsp3) is 0.250. The highest BCUT2D eigenvalue weighted by atomic mass is 16.4. The third kappa shape index (κ3) is 3.87. The molecule has 2 aromatic rings. The number of nitrogens with zero attached hydrogens (tertiary/aromatic N) is 4. The van der Waals surface area contributed by atoms with E-state index in [1.54, 1.807) is 24.3 Å². The number of tetrazole rings is 1. The molecule has 0 bridgehead atoms. The van der Waals surface area contributed by atoms with E-state index in [0.717, 1.165) is 5.56 Å². The Balaban J connectivity index is 2.04. The van der Waals surface area contributed by atoms with Crippen LogP contribution in [-0.4, -0.2) is 37.2 Å². The van der Waals surface area contributed by atoms with Crippen molar-refractivity contribution >= 4 is 11.9 Å². The van der Waals surface area contributed by atoms with Crippen molar-refractivity contribution in [2.75, 3.05) is 0 Å². The lowest BCUT2D eigenvalue weighted by Gasteiger charge is -2.17. The van der Waals surface area contributed by atoms with E-state index in [1.807, 2.05) is 6.07 Å². The number of carbonyl (C=O) groups is 2. The molecular formula is C12H13N5O3. The van der Waals surface area contributed by atoms with Gasteiger partial charge >= 0.3 is 5.97 Å². The smallest absolute Gasteiger partial charge is 0.305 e. The second kappa shape index (κ2) is 6.41. The molecule has 2 rings (SSSR count). The Kier molecular flexibility index (Phi) is 4.38. The van der Waals surface area contributed by atoms with Gasteiger partial charge in [-0.1, -0.05) is 30.3 Å². The van der Waals surface area contributed by atoms with E-state index in [4.69, 9.17) is 5.11 Å². The SMILES string of the molecule is O=C(O)CC(NC(=O)Cn1cnnn1)c1ccccc1. The number of aromatic nitrogens is 4. The molecule has 1 aromatic heterocycles. The Labute approximate surface area is 114 Å². The topological polar surface area (TPSA) is 110 Å². The molecule has 0 aliphatic carbocycles. The van der Waals surface area contributed by atoms with Gasteiger partial charge in [0.25, 0.3) is 0 Å². The van der Waals surface area contributed by atoms with Gasteiger partial charge in [-0.3, -0.25) is 9.59 Å². The van der Waals surface area contributed by atoms with Crippen LogP contribution in [0.1, 0.15) is 18.0 Å². The van der Waals surface area contributed by atoms with Gasteiger partial charge < -0.3 is 10.4 Å². The van der Waals surface area contributed by atoms with Crippen molar-refractivity contribution in [1.29, 1.82) is 0 Å². The quantitative estimate of drug-likeness (QED) is 0.768. The number of aliphatic carboxylic acids is 1. The van der Waals surface area contributed by atoms with Crippen LogP contribution in [0.5, 0.6) is 0 Å². The van der Waals surface area contributed by atoms with Crippen LogP contribution in [0.2, 0.25) is 0 Å². The number of benzene rings is 1. The number of hydrogen-bond donors (Lipinski definition) is 2. The van der Waals surface area contributed by atoms with Gasteiger partial charge in [-0.05, 0) is 16.0 Å². The molecule has 0 radical (unpaired) electrons. The Morgan fingerprint density at radius 1 is 1.30 bits per heavy atom. The third-order valence-electron chi connectivity index (χ3n) is 2.61. The second-order valence-electron chi connectivity index (χ2n) is 4.14. The molecule has 0 spiro atoms. The lowest BCUT2D eigenvalue weighted by molar-refractivity contribution is -0.137. The van der Waals surface area contributed by atoms with Crippen LogP contribution in [0, 0.1) is 0 Å². The second-order valence-corrected chi connectivity index (χ2v) is 4.14. The van der Waals surface area contributed by atoms with Crippen molar-refractivity contribution < 1.29 is 14.7 Å². The van der Waals surface area contributed by atoms with E-state index < -0.39 is 12.0 Å². The van der Waals surface area contributed by atoms with E-state index in [2.05, 4.69) is 20.8 Å². The standard InChI is InChI=1S/C12H13N5O3/c18-11(7-17-8-13-15-16-17)14-10(6-12(19)20)9-4-2-1-3-5-9/h1-5,8,10H,6-7H2,(H,14,18)(H,19,20). The van der Waals surface area contributed by atoms with Crippen molar-refractivity contribution in [3.63, 3.8) is 0 Å². The zero-order valence-corrected chi connectivity index (χ0v) is 10.5. The highest BCUT2D eigenvalue weighted by Crippen LogP contribution is 2.16. The van der Waals surface area contributed by atoms with E-state index in [0.29, 0.717) is 0 Å². The summed E-state index contributed by atoms with van der Waals surface area (Å²) < 4.78 is 1.26. The number of hydrogen-bond acceptors (Lipinski definition) is 5. The summed E-state index contributed by atoms with van der Waals surface area (Å²) in [5.74, 6) is -1.34. The van der Waals surface area contributed by atoms with Gasteiger partial charge in [-0.25, -0.2) is 4.68 Å². The van der Waals surface area contributed by atoms with Crippen molar-refractivity contribution in [2.45, 2.75) is 19.0 Å². The normalized spacial score (nSPS) is 11.8. The Morgan fingerprint density at radius 2 is 2.05 bits per heavy atom. The molecule has 0 fully saturated rings. The number of nitrogens with one attached hydrogen (secondary N) is 1. The first-order valence-electron chi connectivity index (χ1n) is 5.92. The summed E-state index contributed by atoms with van der Waals surface area (Å²) in [6.45, 7) is -0.0596. The maximum Gasteiger partial charge on any atom is 0.305 e. The van der Waals surface area contributed by atoms with Crippen molar-refractivity contribution in [3.8, 4) is 0 Å². The molecule has 20 heavy (non-hydrogen) atoms. The molecule has 0 aliphatic heterocycles. The molecular weight excluding hydrogens is 262 g/mol. The van der Waals surface area contributed by atoms with E-state index >= 15 is 0 Å². The van der Waals surface area contributed by atoms with Crippen LogP contribution in [0.15, 0.2) is 36.7 Å². The molecule has 1 amide bonds. The summed E-state index contributed by atoms with van der Waals surface area (Å²) in [5.41, 5.74) is 0.736. The first kappa shape index (κ1) is 13.7. The minimum atomic E-state index is -0.985. The van der Waals surface area contributed by atoms with E-state index in [-0.39, 0.29) is 18.9 Å². The summed E-state index contributed by atoms with van der Waals surface area (Å²) >= 11 is 0. The molecule has 0 aliphatic rings. The van der Waals surface area contributed by atoms with Crippen LogP contribution in [0.25, 0.3) is 0 Å². The van der Waals surface area contributed by atoms with Gasteiger partial charge in [0.05, 0.1) is 12.5 Å². The Bertz CT molecular complexity index is 570. The molecule has 0 saturated carbocycles. The molecule has 2 N–H and O–H groups in total. The van der Waals surface area contributed by atoms with Crippen LogP contribution < -0.4 is 5.32 Å². The maximum absolute atomic E-state index is 11.9. The van der Waals surface area contributed by atoms with Crippen LogP contribution in [-0.2, 0) is 16.1 Å². The first-order valence-corrected chi connectivity index (χ1v) is 5.92. The zero-order valence-electron chi connectivity index (χ0n) is 10.5. The van der Waals surface area contributed by atoms with Gasteiger partial charge in [0.1, 0.15) is 12.9 Å². The summed E-state index contributed by atoms with van der Waals surface area (Å²) in [5, 5.41) is 22.0. The van der Waals surface area contributed by atoms with Crippen molar-refractivity contribution in [3.05, 3.63) is 42.2 Å². The van der Waals surface area contributed by atoms with Gasteiger partial charge in [0.15, 0.2) is 0 Å². The van der Waals surface area contributed by atoms with Crippen LogP contribution in [0.4, 0.5) is 0 Å². The van der Waals surface area contributed by atoms with E-state index in [9.17, 15) is 9.59 Å².